The Labute approximate surface area is 66.3 Å². The summed E-state index contributed by atoms with van der Waals surface area (Å²) in [7, 11) is 0.755. The minimum absolute atomic E-state index is 0. The van der Waals surface area contributed by atoms with Gasteiger partial charge >= 0.3 is 17.1 Å². The fourth-order valence-corrected chi connectivity index (χ4v) is 1.84. The van der Waals surface area contributed by atoms with Crippen LogP contribution in [-0.2, 0) is 28.0 Å². The molecule has 0 nitrogen and oxygen atoms in total. The molecule has 0 unspecified atom stereocenters. The summed E-state index contributed by atoms with van der Waals surface area (Å²) < 4.78 is 0. The Hall–Kier alpha value is 0.869. The van der Waals surface area contributed by atoms with Crippen LogP contribution in [0.1, 0.15) is 20.8 Å². The van der Waals surface area contributed by atoms with Gasteiger partial charge in [-0.1, -0.05) is 0 Å². The standard InChI is InChI=1S/C6H15S.Fe/c1-4-7(5-2)6-3;/h4-6H2,1-3H3;/q+1;+2. The van der Waals surface area contributed by atoms with Gasteiger partial charge in [-0.2, -0.15) is 0 Å². The quantitative estimate of drug-likeness (QED) is 0.452. The van der Waals surface area contributed by atoms with Crippen LogP contribution in [0.25, 0.3) is 0 Å². The van der Waals surface area contributed by atoms with E-state index in [0.29, 0.717) is 0 Å². The van der Waals surface area contributed by atoms with E-state index in [1.54, 1.807) is 0 Å². The summed E-state index contributed by atoms with van der Waals surface area (Å²) in [5.74, 6) is 4.15. The van der Waals surface area contributed by atoms with E-state index in [-0.39, 0.29) is 17.1 Å². The van der Waals surface area contributed by atoms with E-state index in [1.165, 1.54) is 17.3 Å². The molecule has 50 valence electrons. The molecule has 0 radical (unpaired) electrons. The van der Waals surface area contributed by atoms with Crippen molar-refractivity contribution in [1.82, 2.24) is 0 Å². The third-order valence-corrected chi connectivity index (χ3v) is 3.67. The maximum absolute atomic E-state index is 2.27. The van der Waals surface area contributed by atoms with Gasteiger partial charge in [0.25, 0.3) is 0 Å². The summed E-state index contributed by atoms with van der Waals surface area (Å²) in [6.07, 6.45) is 0. The van der Waals surface area contributed by atoms with Crippen LogP contribution in [0.15, 0.2) is 0 Å². The van der Waals surface area contributed by atoms with Crippen LogP contribution in [0.2, 0.25) is 0 Å². The molecule has 0 bridgehead atoms. The molecule has 0 aliphatic carbocycles. The van der Waals surface area contributed by atoms with Gasteiger partial charge < -0.3 is 0 Å². The summed E-state index contributed by atoms with van der Waals surface area (Å²) in [5, 5.41) is 0. The molecular formula is C6H15FeS+3. The molecule has 0 spiro atoms. The Morgan fingerprint density at radius 2 is 1.12 bits per heavy atom. The van der Waals surface area contributed by atoms with Gasteiger partial charge in [-0.05, 0) is 31.7 Å². The average Bonchev–Trinajstić information content (AvgIpc) is 1.72. The molecule has 0 fully saturated rings. The maximum Gasteiger partial charge on any atom is 2.00 e. The zero-order valence-electron chi connectivity index (χ0n) is 5.88. The largest absolute Gasteiger partial charge is 2.00 e. The van der Waals surface area contributed by atoms with Crippen molar-refractivity contribution in [2.45, 2.75) is 20.8 Å². The van der Waals surface area contributed by atoms with Crippen molar-refractivity contribution in [3.05, 3.63) is 0 Å². The van der Waals surface area contributed by atoms with Gasteiger partial charge in [0.1, 0.15) is 17.3 Å². The molecule has 0 rings (SSSR count). The van der Waals surface area contributed by atoms with Crippen molar-refractivity contribution in [1.29, 1.82) is 0 Å². The number of rotatable bonds is 3. The Balaban J connectivity index is 0. The SMILES string of the molecule is CC[S+](CC)CC.[Fe+2]. The van der Waals surface area contributed by atoms with Gasteiger partial charge in [-0.3, -0.25) is 0 Å². The molecule has 0 aromatic carbocycles. The molecule has 8 heavy (non-hydrogen) atoms. The molecule has 2 heteroatoms. The van der Waals surface area contributed by atoms with Crippen molar-refractivity contribution in [2.24, 2.45) is 0 Å². The van der Waals surface area contributed by atoms with E-state index in [0.717, 1.165) is 10.9 Å². The zero-order valence-corrected chi connectivity index (χ0v) is 7.80. The van der Waals surface area contributed by atoms with E-state index in [1.807, 2.05) is 0 Å². The van der Waals surface area contributed by atoms with E-state index in [9.17, 15) is 0 Å². The van der Waals surface area contributed by atoms with Crippen molar-refractivity contribution in [3.63, 3.8) is 0 Å². The zero-order chi connectivity index (χ0) is 5.70. The average molecular weight is 175 g/mol. The van der Waals surface area contributed by atoms with Gasteiger partial charge in [0.15, 0.2) is 0 Å². The monoisotopic (exact) mass is 175 g/mol. The van der Waals surface area contributed by atoms with E-state index in [4.69, 9.17) is 0 Å². The molecule has 0 aromatic heterocycles. The summed E-state index contributed by atoms with van der Waals surface area (Å²) in [5.41, 5.74) is 0. The predicted octanol–water partition coefficient (Wildman–Crippen LogP) is 1.66. The van der Waals surface area contributed by atoms with Crippen LogP contribution in [0, 0.1) is 0 Å². The normalized spacial score (nSPS) is 9.00. The topological polar surface area (TPSA) is 0 Å². The molecule has 0 amide bonds. The van der Waals surface area contributed by atoms with Crippen LogP contribution >= 0.6 is 0 Å². The van der Waals surface area contributed by atoms with Crippen molar-refractivity contribution >= 4 is 10.9 Å². The third kappa shape index (κ3) is 5.02. The predicted molar refractivity (Wildman–Crippen MR) is 39.0 cm³/mol. The fraction of sp³-hybridized carbons (Fsp3) is 1.00. The molecule has 0 N–H and O–H groups in total. The second-order valence-electron chi connectivity index (χ2n) is 1.48. The number of hydrogen-bond donors (Lipinski definition) is 0. The molecule has 0 saturated heterocycles. The van der Waals surface area contributed by atoms with Gasteiger partial charge in [0.2, 0.25) is 0 Å². The molecule has 0 saturated carbocycles. The van der Waals surface area contributed by atoms with Crippen LogP contribution in [0.4, 0.5) is 0 Å². The van der Waals surface area contributed by atoms with Gasteiger partial charge in [0, 0.05) is 0 Å². The molecule has 0 heterocycles. The third-order valence-electron chi connectivity index (χ3n) is 1.22. The summed E-state index contributed by atoms with van der Waals surface area (Å²) >= 11 is 0. The van der Waals surface area contributed by atoms with Crippen molar-refractivity contribution < 1.29 is 17.1 Å². The molecular weight excluding hydrogens is 160 g/mol. The van der Waals surface area contributed by atoms with Gasteiger partial charge in [-0.25, -0.2) is 0 Å². The Kier molecular flexibility index (Phi) is 11.4. The second kappa shape index (κ2) is 7.87. The van der Waals surface area contributed by atoms with Crippen molar-refractivity contribution in [2.75, 3.05) is 17.3 Å². The smallest absolute Gasteiger partial charge is 0.0198 e. The maximum atomic E-state index is 2.27. The van der Waals surface area contributed by atoms with E-state index in [2.05, 4.69) is 20.8 Å². The molecule has 0 aliphatic heterocycles. The minimum atomic E-state index is 0. The first-order valence-corrected chi connectivity index (χ1v) is 4.72. The second-order valence-corrected chi connectivity index (χ2v) is 4.44. The Bertz CT molecular complexity index is 30.0. The van der Waals surface area contributed by atoms with Crippen molar-refractivity contribution in [3.8, 4) is 0 Å². The van der Waals surface area contributed by atoms with Crippen LogP contribution in [-0.4, -0.2) is 17.3 Å². The van der Waals surface area contributed by atoms with Crippen LogP contribution in [0.3, 0.4) is 0 Å². The van der Waals surface area contributed by atoms with Crippen LogP contribution in [0.5, 0.6) is 0 Å². The fourth-order valence-electron chi connectivity index (χ4n) is 0.612. The first-order valence-electron chi connectivity index (χ1n) is 2.99. The number of hydrogen-bond acceptors (Lipinski definition) is 0. The Morgan fingerprint density at radius 3 is 1.12 bits per heavy atom. The minimum Gasteiger partial charge on any atom is -0.0198 e. The first kappa shape index (κ1) is 11.6. The summed E-state index contributed by atoms with van der Waals surface area (Å²) in [4.78, 5) is 0. The van der Waals surface area contributed by atoms with Crippen LogP contribution < -0.4 is 0 Å². The first-order chi connectivity index (χ1) is 3.35. The summed E-state index contributed by atoms with van der Waals surface area (Å²) in [6, 6.07) is 0. The van der Waals surface area contributed by atoms with E-state index >= 15 is 0 Å². The van der Waals surface area contributed by atoms with Gasteiger partial charge in [-0.15, -0.1) is 0 Å². The van der Waals surface area contributed by atoms with Gasteiger partial charge in [0.05, 0.1) is 0 Å². The molecule has 0 aromatic rings. The summed E-state index contributed by atoms with van der Waals surface area (Å²) in [6.45, 7) is 6.82. The molecule has 0 aliphatic rings. The van der Waals surface area contributed by atoms with E-state index < -0.39 is 0 Å². The Morgan fingerprint density at radius 1 is 0.875 bits per heavy atom. The molecule has 0 atom stereocenters.